The molecule has 3 heteroatoms. The highest BCUT2D eigenvalue weighted by molar-refractivity contribution is 7.98. The molecule has 0 unspecified atom stereocenters. The highest BCUT2D eigenvalue weighted by atomic mass is 32.2. The molecular weight excluding hydrogens is 206 g/mol. The Kier molecular flexibility index (Phi) is 7.93. The summed E-state index contributed by atoms with van der Waals surface area (Å²) < 4.78 is 0. The molecule has 0 saturated carbocycles. The molecule has 1 N–H and O–H groups in total. The van der Waals surface area contributed by atoms with Gasteiger partial charge in [-0.05, 0) is 24.9 Å². The lowest BCUT2D eigenvalue weighted by atomic mass is 9.96. The number of carbonyl (C=O) groups excluding carboxylic acids is 1. The molecule has 0 radical (unpaired) electrons. The normalized spacial score (nSPS) is 11.5. The smallest absolute Gasteiger partial charge is 0.225 e. The number of hydrogen-bond acceptors (Lipinski definition) is 2. The zero-order chi connectivity index (χ0) is 11.7. The van der Waals surface area contributed by atoms with Gasteiger partial charge in [0.1, 0.15) is 0 Å². The molecular formula is C12H25NOS. The fraction of sp³-hybridized carbons (Fsp3) is 0.917. The monoisotopic (exact) mass is 231 g/mol. The van der Waals surface area contributed by atoms with Gasteiger partial charge < -0.3 is 5.32 Å². The van der Waals surface area contributed by atoms with E-state index in [-0.39, 0.29) is 11.3 Å². The van der Waals surface area contributed by atoms with Crippen LogP contribution in [-0.4, -0.2) is 24.5 Å². The van der Waals surface area contributed by atoms with E-state index in [9.17, 15) is 4.79 Å². The minimum Gasteiger partial charge on any atom is -0.356 e. The first-order chi connectivity index (χ1) is 6.98. The Bertz CT molecular complexity index is 175. The Morgan fingerprint density at radius 2 is 1.73 bits per heavy atom. The molecule has 15 heavy (non-hydrogen) atoms. The molecule has 0 aliphatic rings. The predicted octanol–water partition coefficient (Wildman–Crippen LogP) is 3.07. The van der Waals surface area contributed by atoms with Gasteiger partial charge in [-0.2, -0.15) is 11.8 Å². The van der Waals surface area contributed by atoms with Gasteiger partial charge in [0.25, 0.3) is 0 Å². The Morgan fingerprint density at radius 3 is 2.27 bits per heavy atom. The second-order valence-corrected chi connectivity index (χ2v) is 5.90. The first-order valence-electron chi connectivity index (χ1n) is 5.75. The third-order valence-corrected chi connectivity index (χ3v) is 2.94. The summed E-state index contributed by atoms with van der Waals surface area (Å²) in [5.74, 6) is 1.42. The van der Waals surface area contributed by atoms with E-state index in [1.165, 1.54) is 25.0 Å². The molecule has 0 rings (SSSR count). The number of amides is 1. The molecule has 0 aromatic heterocycles. The molecule has 0 aromatic carbocycles. The zero-order valence-electron chi connectivity index (χ0n) is 10.6. The van der Waals surface area contributed by atoms with E-state index < -0.39 is 0 Å². The van der Waals surface area contributed by atoms with Crippen molar-refractivity contribution in [2.45, 2.75) is 46.5 Å². The minimum absolute atomic E-state index is 0.159. The molecule has 0 spiro atoms. The van der Waals surface area contributed by atoms with Crippen molar-refractivity contribution in [2.75, 3.05) is 18.6 Å². The van der Waals surface area contributed by atoms with Crippen LogP contribution in [0.25, 0.3) is 0 Å². The van der Waals surface area contributed by atoms with Crippen molar-refractivity contribution < 1.29 is 4.79 Å². The topological polar surface area (TPSA) is 29.1 Å². The molecule has 0 bridgehead atoms. The molecule has 0 aromatic rings. The maximum absolute atomic E-state index is 11.5. The van der Waals surface area contributed by atoms with Crippen LogP contribution in [0.2, 0.25) is 0 Å². The fourth-order valence-corrected chi connectivity index (χ4v) is 1.68. The van der Waals surface area contributed by atoms with Crippen molar-refractivity contribution >= 4 is 17.7 Å². The molecule has 0 aliphatic carbocycles. The average molecular weight is 231 g/mol. The molecule has 0 heterocycles. The van der Waals surface area contributed by atoms with Gasteiger partial charge in [-0.25, -0.2) is 0 Å². The highest BCUT2D eigenvalue weighted by Crippen LogP contribution is 2.12. The van der Waals surface area contributed by atoms with Crippen molar-refractivity contribution in [2.24, 2.45) is 5.41 Å². The average Bonchev–Trinajstić information content (AvgIpc) is 2.14. The van der Waals surface area contributed by atoms with Crippen LogP contribution in [0.1, 0.15) is 46.5 Å². The zero-order valence-corrected chi connectivity index (χ0v) is 11.4. The lowest BCUT2D eigenvalue weighted by molar-refractivity contribution is -0.128. The second kappa shape index (κ2) is 8.03. The van der Waals surface area contributed by atoms with Gasteiger partial charge in [0.05, 0.1) is 0 Å². The molecule has 2 nitrogen and oxygen atoms in total. The fourth-order valence-electron chi connectivity index (χ4n) is 1.19. The number of hydrogen-bond donors (Lipinski definition) is 1. The third-order valence-electron chi connectivity index (χ3n) is 2.24. The van der Waals surface area contributed by atoms with E-state index in [4.69, 9.17) is 0 Å². The maximum Gasteiger partial charge on any atom is 0.225 e. The van der Waals surface area contributed by atoms with Crippen LogP contribution in [0.3, 0.4) is 0 Å². The van der Waals surface area contributed by atoms with Crippen LogP contribution in [0, 0.1) is 5.41 Å². The van der Waals surface area contributed by atoms with Gasteiger partial charge in [0.2, 0.25) is 5.91 Å². The van der Waals surface area contributed by atoms with Crippen LogP contribution < -0.4 is 5.32 Å². The number of rotatable bonds is 7. The summed E-state index contributed by atoms with van der Waals surface area (Å²) in [6.07, 6.45) is 7.06. The Hall–Kier alpha value is -0.180. The van der Waals surface area contributed by atoms with Crippen molar-refractivity contribution in [3.05, 3.63) is 0 Å². The summed E-state index contributed by atoms with van der Waals surface area (Å²) in [7, 11) is 0. The third kappa shape index (κ3) is 8.79. The summed E-state index contributed by atoms with van der Waals surface area (Å²) in [4.78, 5) is 11.5. The van der Waals surface area contributed by atoms with E-state index in [0.717, 1.165) is 13.0 Å². The van der Waals surface area contributed by atoms with E-state index in [1.807, 2.05) is 32.5 Å². The van der Waals surface area contributed by atoms with Gasteiger partial charge >= 0.3 is 0 Å². The summed E-state index contributed by atoms with van der Waals surface area (Å²) >= 11 is 1.90. The van der Waals surface area contributed by atoms with Crippen LogP contribution in [0.4, 0.5) is 0 Å². The standard InChI is InChI=1S/C12H25NOS/c1-12(2,3)11(14)13-9-7-5-6-8-10-15-4/h5-10H2,1-4H3,(H,13,14). The van der Waals surface area contributed by atoms with Crippen molar-refractivity contribution in [1.82, 2.24) is 5.32 Å². The first-order valence-corrected chi connectivity index (χ1v) is 7.15. The minimum atomic E-state index is -0.251. The van der Waals surface area contributed by atoms with Crippen LogP contribution in [0.5, 0.6) is 0 Å². The number of nitrogens with one attached hydrogen (secondary N) is 1. The number of thioether (sulfide) groups is 1. The summed E-state index contributed by atoms with van der Waals surface area (Å²) in [5, 5.41) is 2.97. The number of unbranched alkanes of at least 4 members (excludes halogenated alkanes) is 3. The Morgan fingerprint density at radius 1 is 1.13 bits per heavy atom. The van der Waals surface area contributed by atoms with Gasteiger partial charge in [-0.3, -0.25) is 4.79 Å². The van der Waals surface area contributed by atoms with Crippen molar-refractivity contribution in [3.63, 3.8) is 0 Å². The van der Waals surface area contributed by atoms with Crippen molar-refractivity contribution in [1.29, 1.82) is 0 Å². The van der Waals surface area contributed by atoms with E-state index in [0.29, 0.717) is 0 Å². The Balaban J connectivity index is 3.28. The van der Waals surface area contributed by atoms with Gasteiger partial charge in [-0.1, -0.05) is 33.6 Å². The lowest BCUT2D eigenvalue weighted by Gasteiger charge is -2.17. The molecule has 0 aliphatic heterocycles. The van der Waals surface area contributed by atoms with Gasteiger partial charge in [0, 0.05) is 12.0 Å². The van der Waals surface area contributed by atoms with E-state index >= 15 is 0 Å². The van der Waals surface area contributed by atoms with Crippen LogP contribution >= 0.6 is 11.8 Å². The van der Waals surface area contributed by atoms with E-state index in [1.54, 1.807) is 0 Å². The number of carbonyl (C=O) groups is 1. The Labute approximate surface area is 98.6 Å². The van der Waals surface area contributed by atoms with Gasteiger partial charge in [0.15, 0.2) is 0 Å². The highest BCUT2D eigenvalue weighted by Gasteiger charge is 2.19. The predicted molar refractivity (Wildman–Crippen MR) is 69.3 cm³/mol. The SMILES string of the molecule is CSCCCCCCNC(=O)C(C)(C)C. The van der Waals surface area contributed by atoms with Crippen molar-refractivity contribution in [3.8, 4) is 0 Å². The first kappa shape index (κ1) is 14.8. The molecule has 90 valence electrons. The molecule has 0 saturated heterocycles. The summed E-state index contributed by atoms with van der Waals surface area (Å²) in [6.45, 7) is 6.66. The molecule has 0 atom stereocenters. The maximum atomic E-state index is 11.5. The van der Waals surface area contributed by atoms with Gasteiger partial charge in [-0.15, -0.1) is 0 Å². The largest absolute Gasteiger partial charge is 0.356 e. The lowest BCUT2D eigenvalue weighted by Crippen LogP contribution is -2.35. The van der Waals surface area contributed by atoms with Crippen LogP contribution in [-0.2, 0) is 4.79 Å². The quantitative estimate of drug-likeness (QED) is 0.682. The van der Waals surface area contributed by atoms with E-state index in [2.05, 4.69) is 11.6 Å². The summed E-state index contributed by atoms with van der Waals surface area (Å²) in [6, 6.07) is 0. The molecule has 0 fully saturated rings. The van der Waals surface area contributed by atoms with Crippen LogP contribution in [0.15, 0.2) is 0 Å². The second-order valence-electron chi connectivity index (χ2n) is 4.91. The molecule has 1 amide bonds. The summed E-state index contributed by atoms with van der Waals surface area (Å²) in [5.41, 5.74) is -0.251.